The lowest BCUT2D eigenvalue weighted by Gasteiger charge is -2.05. The number of nitriles is 1. The van der Waals surface area contributed by atoms with Crippen LogP contribution in [0.1, 0.15) is 10.4 Å². The molecule has 2 aromatic rings. The Kier molecular flexibility index (Phi) is 4.95. The van der Waals surface area contributed by atoms with Crippen LogP contribution < -0.4 is 10.5 Å². The van der Waals surface area contributed by atoms with Crippen molar-refractivity contribution in [3.63, 3.8) is 0 Å². The first-order chi connectivity index (χ1) is 10.8. The number of hydrogen-bond acceptors (Lipinski definition) is 5. The lowest BCUT2D eigenvalue weighted by Crippen LogP contribution is -2.14. The summed E-state index contributed by atoms with van der Waals surface area (Å²) >= 11 is 1.43. The molecule has 0 aliphatic carbocycles. The number of hydrogen-bond donors (Lipinski definition) is 2. The highest BCUT2D eigenvalue weighted by atomic mass is 32.2. The molecule has 0 spiro atoms. The smallest absolute Gasteiger partial charge is 0.266 e. The highest BCUT2D eigenvalue weighted by Crippen LogP contribution is 2.20. The molecule has 0 saturated carbocycles. The van der Waals surface area contributed by atoms with Crippen molar-refractivity contribution in [3.8, 4) is 6.07 Å². The second-order valence-corrected chi connectivity index (χ2v) is 7.17. The first kappa shape index (κ1) is 16.9. The predicted molar refractivity (Wildman–Crippen MR) is 89.1 cm³/mol. The topological polar surface area (TPSA) is 113 Å². The largest absolute Gasteiger partial charge is 0.321 e. The van der Waals surface area contributed by atoms with Crippen molar-refractivity contribution in [1.29, 1.82) is 5.26 Å². The molecule has 1 amide bonds. The molecule has 3 N–H and O–H groups in total. The van der Waals surface area contributed by atoms with Crippen LogP contribution in [0.3, 0.4) is 0 Å². The zero-order chi connectivity index (χ0) is 17.0. The van der Waals surface area contributed by atoms with Crippen molar-refractivity contribution in [3.05, 3.63) is 51.7 Å². The molecular formula is C15H13N3O3S2. The van der Waals surface area contributed by atoms with Gasteiger partial charge in [-0.1, -0.05) is 0 Å². The highest BCUT2D eigenvalue weighted by molar-refractivity contribution is 7.89. The Morgan fingerprint density at radius 3 is 2.43 bits per heavy atom. The van der Waals surface area contributed by atoms with Crippen LogP contribution in [0.2, 0.25) is 0 Å². The van der Waals surface area contributed by atoms with E-state index in [2.05, 4.69) is 5.32 Å². The molecule has 0 radical (unpaired) electrons. The summed E-state index contributed by atoms with van der Waals surface area (Å²) in [6, 6.07) is 9.14. The minimum Gasteiger partial charge on any atom is -0.321 e. The van der Waals surface area contributed by atoms with Crippen molar-refractivity contribution in [2.24, 2.45) is 5.14 Å². The zero-order valence-electron chi connectivity index (χ0n) is 12.1. The van der Waals surface area contributed by atoms with Gasteiger partial charge in [-0.25, -0.2) is 13.6 Å². The van der Waals surface area contributed by atoms with Gasteiger partial charge in [-0.15, -0.1) is 11.3 Å². The van der Waals surface area contributed by atoms with Crippen LogP contribution in [0.5, 0.6) is 0 Å². The van der Waals surface area contributed by atoms with E-state index < -0.39 is 15.9 Å². The van der Waals surface area contributed by atoms with Crippen LogP contribution in [0, 0.1) is 18.3 Å². The number of thiophene rings is 1. The minimum atomic E-state index is -3.78. The zero-order valence-corrected chi connectivity index (χ0v) is 13.7. The monoisotopic (exact) mass is 347 g/mol. The molecule has 23 heavy (non-hydrogen) atoms. The van der Waals surface area contributed by atoms with Crippen LogP contribution in [-0.2, 0) is 14.8 Å². The molecule has 0 atom stereocenters. The average Bonchev–Trinajstić information content (AvgIpc) is 2.89. The molecule has 2 rings (SSSR count). The maximum Gasteiger partial charge on any atom is 0.266 e. The molecule has 8 heteroatoms. The first-order valence-corrected chi connectivity index (χ1v) is 8.84. The number of anilines is 1. The van der Waals surface area contributed by atoms with Crippen molar-refractivity contribution in [1.82, 2.24) is 0 Å². The molecule has 1 aromatic carbocycles. The quantitative estimate of drug-likeness (QED) is 0.652. The summed E-state index contributed by atoms with van der Waals surface area (Å²) in [6.07, 6.45) is 1.52. The van der Waals surface area contributed by atoms with Gasteiger partial charge in [0.15, 0.2) is 0 Å². The van der Waals surface area contributed by atoms with Gasteiger partial charge in [0, 0.05) is 10.6 Å². The summed E-state index contributed by atoms with van der Waals surface area (Å²) in [5.74, 6) is -0.566. The van der Waals surface area contributed by atoms with Crippen LogP contribution in [0.15, 0.2) is 46.2 Å². The van der Waals surface area contributed by atoms with E-state index in [0.29, 0.717) is 5.69 Å². The van der Waals surface area contributed by atoms with E-state index in [1.165, 1.54) is 41.7 Å². The molecule has 0 unspecified atom stereocenters. The summed E-state index contributed by atoms with van der Waals surface area (Å²) in [5.41, 5.74) is 1.31. The Morgan fingerprint density at radius 2 is 1.96 bits per heavy atom. The van der Waals surface area contributed by atoms with Crippen LogP contribution in [0.25, 0.3) is 6.08 Å². The van der Waals surface area contributed by atoms with Gasteiger partial charge < -0.3 is 5.32 Å². The number of carbonyl (C=O) groups is 1. The fourth-order valence-electron chi connectivity index (χ4n) is 1.74. The third-order valence-corrected chi connectivity index (χ3v) is 4.88. The number of carbonyl (C=O) groups excluding carboxylic acids is 1. The van der Waals surface area contributed by atoms with E-state index in [9.17, 15) is 13.2 Å². The highest BCUT2D eigenvalue weighted by Gasteiger charge is 2.12. The number of primary sulfonamides is 1. The Morgan fingerprint density at radius 1 is 1.30 bits per heavy atom. The summed E-state index contributed by atoms with van der Waals surface area (Å²) in [4.78, 5) is 12.9. The van der Waals surface area contributed by atoms with Gasteiger partial charge in [0.05, 0.1) is 4.90 Å². The van der Waals surface area contributed by atoms with E-state index in [-0.39, 0.29) is 10.5 Å². The van der Waals surface area contributed by atoms with Gasteiger partial charge in [-0.2, -0.15) is 5.26 Å². The molecule has 118 valence electrons. The number of nitrogens with one attached hydrogen (secondary N) is 1. The van der Waals surface area contributed by atoms with Crippen molar-refractivity contribution in [2.75, 3.05) is 5.32 Å². The van der Waals surface area contributed by atoms with Crippen LogP contribution in [-0.4, -0.2) is 14.3 Å². The molecule has 1 aromatic heterocycles. The summed E-state index contributed by atoms with van der Waals surface area (Å²) in [5, 5.41) is 18.6. The molecular weight excluding hydrogens is 334 g/mol. The maximum absolute atomic E-state index is 12.1. The van der Waals surface area contributed by atoms with Gasteiger partial charge >= 0.3 is 0 Å². The van der Waals surface area contributed by atoms with Crippen molar-refractivity contribution in [2.45, 2.75) is 11.8 Å². The summed E-state index contributed by atoms with van der Waals surface area (Å²) in [6.45, 7) is 1.89. The molecule has 0 aliphatic rings. The number of nitrogens with zero attached hydrogens (tertiary/aromatic N) is 1. The summed E-state index contributed by atoms with van der Waals surface area (Å²) < 4.78 is 22.3. The van der Waals surface area contributed by atoms with Crippen molar-refractivity contribution < 1.29 is 13.2 Å². The molecule has 0 saturated heterocycles. The molecule has 0 bridgehead atoms. The standard InChI is InChI=1S/C15H13N3O3S2/c1-10-6-7-22-14(10)8-11(9-16)15(19)18-12-2-4-13(5-3-12)23(17,20)21/h2-8H,1H3,(H,18,19)(H2,17,20,21)/b11-8+. The van der Waals surface area contributed by atoms with E-state index in [1.807, 2.05) is 24.4 Å². The Hall–Kier alpha value is -2.47. The van der Waals surface area contributed by atoms with Crippen LogP contribution >= 0.6 is 11.3 Å². The number of sulfonamides is 1. The number of rotatable bonds is 4. The number of nitrogens with two attached hydrogens (primary N) is 1. The first-order valence-electron chi connectivity index (χ1n) is 6.41. The Bertz CT molecular complexity index is 904. The van der Waals surface area contributed by atoms with Gasteiger partial charge in [0.1, 0.15) is 11.6 Å². The number of benzene rings is 1. The molecule has 6 nitrogen and oxygen atoms in total. The summed E-state index contributed by atoms with van der Waals surface area (Å²) in [7, 11) is -3.78. The SMILES string of the molecule is Cc1ccsc1/C=C(\C#N)C(=O)Nc1ccc(S(N)(=O)=O)cc1. The normalized spacial score (nSPS) is 11.8. The van der Waals surface area contributed by atoms with E-state index in [1.54, 1.807) is 0 Å². The second kappa shape index (κ2) is 6.75. The van der Waals surface area contributed by atoms with Gasteiger partial charge in [0.25, 0.3) is 5.91 Å². The fraction of sp³-hybridized carbons (Fsp3) is 0.0667. The van der Waals surface area contributed by atoms with Gasteiger partial charge in [-0.3, -0.25) is 4.79 Å². The fourth-order valence-corrected chi connectivity index (χ4v) is 3.11. The molecule has 0 fully saturated rings. The maximum atomic E-state index is 12.1. The Balaban J connectivity index is 2.19. The van der Waals surface area contributed by atoms with Crippen molar-refractivity contribution >= 4 is 39.0 Å². The Labute approximate surface area is 137 Å². The van der Waals surface area contributed by atoms with E-state index in [0.717, 1.165) is 10.4 Å². The molecule has 1 heterocycles. The van der Waals surface area contributed by atoms with Gasteiger partial charge in [0.2, 0.25) is 10.0 Å². The number of aryl methyl sites for hydroxylation is 1. The number of amides is 1. The van der Waals surface area contributed by atoms with E-state index >= 15 is 0 Å². The van der Waals surface area contributed by atoms with E-state index in [4.69, 9.17) is 10.4 Å². The second-order valence-electron chi connectivity index (χ2n) is 4.66. The lowest BCUT2D eigenvalue weighted by atomic mass is 10.2. The third-order valence-electron chi connectivity index (χ3n) is 2.98. The average molecular weight is 347 g/mol. The third kappa shape index (κ3) is 4.26. The minimum absolute atomic E-state index is 0.0360. The molecule has 0 aliphatic heterocycles. The lowest BCUT2D eigenvalue weighted by molar-refractivity contribution is -0.112. The predicted octanol–water partition coefficient (Wildman–Crippen LogP) is 2.25. The van der Waals surface area contributed by atoms with Gasteiger partial charge in [-0.05, 0) is 54.3 Å². The van der Waals surface area contributed by atoms with Crippen LogP contribution in [0.4, 0.5) is 5.69 Å².